The molecule has 1 saturated heterocycles. The second-order valence-electron chi connectivity index (χ2n) is 9.79. The number of nitrogens with zero attached hydrogens (tertiary/aromatic N) is 3. The minimum atomic E-state index is -0.455. The van der Waals surface area contributed by atoms with Crippen molar-refractivity contribution in [1.29, 1.82) is 0 Å². The van der Waals surface area contributed by atoms with Crippen LogP contribution in [0, 0.1) is 0 Å². The maximum atomic E-state index is 10.4. The zero-order chi connectivity index (χ0) is 20.9. The van der Waals surface area contributed by atoms with Crippen molar-refractivity contribution in [2.75, 3.05) is 46.9 Å². The molecule has 1 aromatic rings. The third-order valence-electron chi connectivity index (χ3n) is 6.84. The van der Waals surface area contributed by atoms with Crippen molar-refractivity contribution in [1.82, 2.24) is 14.7 Å². The summed E-state index contributed by atoms with van der Waals surface area (Å²) in [6, 6.07) is 8.98. The fraction of sp³-hybridized carbons (Fsp3) is 0.750. The molecule has 2 fully saturated rings. The minimum absolute atomic E-state index is 0.209. The first-order chi connectivity index (χ1) is 13.8. The van der Waals surface area contributed by atoms with E-state index in [0.717, 1.165) is 31.9 Å². The number of hydrogen-bond acceptors (Lipinski definition) is 5. The highest BCUT2D eigenvalue weighted by Gasteiger charge is 2.30. The third kappa shape index (κ3) is 6.68. The quantitative estimate of drug-likeness (QED) is 0.722. The average molecular weight is 404 g/mol. The zero-order valence-electron chi connectivity index (χ0n) is 18.9. The molecule has 1 aliphatic heterocycles. The first-order valence-corrected chi connectivity index (χ1v) is 11.4. The summed E-state index contributed by atoms with van der Waals surface area (Å²) >= 11 is 0. The molecule has 0 aromatic heterocycles. The lowest BCUT2D eigenvalue weighted by Gasteiger charge is -2.45. The lowest BCUT2D eigenvalue weighted by molar-refractivity contribution is 0.0359. The maximum absolute atomic E-state index is 10.4. The lowest BCUT2D eigenvalue weighted by atomic mass is 9.94. The number of aliphatic hydroxyl groups excluding tert-OH is 1. The fourth-order valence-corrected chi connectivity index (χ4v) is 4.72. The van der Waals surface area contributed by atoms with Gasteiger partial charge in [0.15, 0.2) is 0 Å². The van der Waals surface area contributed by atoms with E-state index in [0.29, 0.717) is 19.2 Å². The van der Waals surface area contributed by atoms with Crippen LogP contribution in [0.3, 0.4) is 0 Å². The van der Waals surface area contributed by atoms with Crippen molar-refractivity contribution in [3.63, 3.8) is 0 Å². The van der Waals surface area contributed by atoms with Crippen LogP contribution >= 0.6 is 0 Å². The third-order valence-corrected chi connectivity index (χ3v) is 6.84. The van der Waals surface area contributed by atoms with Crippen LogP contribution in [-0.4, -0.2) is 84.4 Å². The Morgan fingerprint density at radius 3 is 2.69 bits per heavy atom. The van der Waals surface area contributed by atoms with E-state index in [1.54, 1.807) is 0 Å². The SMILES string of the molecule is CN(C[C@@H](O)COc1cccc(CN2CCN(C)C(C)(C)C2)c1)C1CCCCC1. The smallest absolute Gasteiger partial charge is 0.119 e. The number of aliphatic hydroxyl groups is 1. The van der Waals surface area contributed by atoms with E-state index in [4.69, 9.17) is 4.74 Å². The van der Waals surface area contributed by atoms with Gasteiger partial charge in [-0.1, -0.05) is 31.4 Å². The maximum Gasteiger partial charge on any atom is 0.119 e. The summed E-state index contributed by atoms with van der Waals surface area (Å²) in [6.07, 6.45) is 6.06. The highest BCUT2D eigenvalue weighted by molar-refractivity contribution is 5.28. The Labute approximate surface area is 177 Å². The predicted octanol–water partition coefficient (Wildman–Crippen LogP) is 3.22. The molecule has 3 rings (SSSR count). The van der Waals surface area contributed by atoms with Crippen LogP contribution in [0.15, 0.2) is 24.3 Å². The Morgan fingerprint density at radius 1 is 1.21 bits per heavy atom. The summed E-state index contributed by atoms with van der Waals surface area (Å²) in [5.41, 5.74) is 1.48. The van der Waals surface area contributed by atoms with Crippen LogP contribution < -0.4 is 4.74 Å². The summed E-state index contributed by atoms with van der Waals surface area (Å²) in [4.78, 5) is 7.28. The molecule has 0 spiro atoms. The molecular formula is C24H41N3O2. The molecule has 1 N–H and O–H groups in total. The van der Waals surface area contributed by atoms with Gasteiger partial charge < -0.3 is 14.7 Å². The van der Waals surface area contributed by atoms with Crippen molar-refractivity contribution in [2.45, 2.75) is 70.2 Å². The number of benzene rings is 1. The number of ether oxygens (including phenoxy) is 1. The van der Waals surface area contributed by atoms with Gasteiger partial charge in [-0.2, -0.15) is 0 Å². The summed E-state index contributed by atoms with van der Waals surface area (Å²) < 4.78 is 5.94. The van der Waals surface area contributed by atoms with Gasteiger partial charge >= 0.3 is 0 Å². The van der Waals surface area contributed by atoms with Gasteiger partial charge in [-0.25, -0.2) is 0 Å². The standard InChI is InChI=1S/C24H41N3O2/c1-24(2)19-27(14-13-26(24)4)16-20-9-8-12-23(15-20)29-18-22(28)17-25(3)21-10-6-5-7-11-21/h8-9,12,15,21-22,28H,5-7,10-11,13-14,16-19H2,1-4H3/t22-/m1/s1. The summed E-state index contributed by atoms with van der Waals surface area (Å²) in [5, 5.41) is 10.4. The van der Waals surface area contributed by atoms with E-state index in [-0.39, 0.29) is 5.54 Å². The molecule has 1 atom stereocenters. The highest BCUT2D eigenvalue weighted by Crippen LogP contribution is 2.23. The van der Waals surface area contributed by atoms with Gasteiger partial charge in [0.2, 0.25) is 0 Å². The zero-order valence-corrected chi connectivity index (χ0v) is 18.9. The van der Waals surface area contributed by atoms with E-state index in [9.17, 15) is 5.11 Å². The molecule has 0 radical (unpaired) electrons. The number of hydrogen-bond donors (Lipinski definition) is 1. The molecule has 29 heavy (non-hydrogen) atoms. The lowest BCUT2D eigenvalue weighted by Crippen LogP contribution is -2.57. The van der Waals surface area contributed by atoms with Gasteiger partial charge in [0, 0.05) is 44.3 Å². The molecule has 1 aromatic carbocycles. The molecule has 2 aliphatic rings. The summed E-state index contributed by atoms with van der Waals surface area (Å²) in [5.74, 6) is 0.857. The first-order valence-electron chi connectivity index (χ1n) is 11.4. The van der Waals surface area contributed by atoms with Gasteiger partial charge in [-0.3, -0.25) is 9.80 Å². The van der Waals surface area contributed by atoms with Gasteiger partial charge in [0.1, 0.15) is 18.5 Å². The Balaban J connectivity index is 1.45. The van der Waals surface area contributed by atoms with Crippen LogP contribution in [0.25, 0.3) is 0 Å². The minimum Gasteiger partial charge on any atom is -0.491 e. The Kier molecular flexibility index (Phi) is 7.97. The van der Waals surface area contributed by atoms with E-state index in [1.807, 2.05) is 6.07 Å². The molecule has 1 heterocycles. The number of rotatable bonds is 8. The Bertz CT molecular complexity index is 630. The van der Waals surface area contributed by atoms with Crippen LogP contribution in [0.4, 0.5) is 0 Å². The molecule has 164 valence electrons. The van der Waals surface area contributed by atoms with Gasteiger partial charge in [-0.15, -0.1) is 0 Å². The molecule has 0 unspecified atom stereocenters. The molecule has 1 aliphatic carbocycles. The van der Waals surface area contributed by atoms with Crippen molar-refractivity contribution < 1.29 is 9.84 Å². The van der Waals surface area contributed by atoms with Crippen molar-refractivity contribution in [3.05, 3.63) is 29.8 Å². The highest BCUT2D eigenvalue weighted by atomic mass is 16.5. The van der Waals surface area contributed by atoms with Gasteiger partial charge in [-0.05, 0) is 58.5 Å². The predicted molar refractivity (Wildman–Crippen MR) is 119 cm³/mol. The van der Waals surface area contributed by atoms with E-state index in [2.05, 4.69) is 60.8 Å². The first kappa shape index (κ1) is 22.5. The van der Waals surface area contributed by atoms with Gasteiger partial charge in [0.25, 0.3) is 0 Å². The van der Waals surface area contributed by atoms with Crippen LogP contribution in [-0.2, 0) is 6.54 Å². The monoisotopic (exact) mass is 403 g/mol. The fourth-order valence-electron chi connectivity index (χ4n) is 4.72. The topological polar surface area (TPSA) is 39.2 Å². The van der Waals surface area contributed by atoms with Crippen LogP contribution in [0.5, 0.6) is 5.75 Å². The van der Waals surface area contributed by atoms with E-state index < -0.39 is 6.10 Å². The van der Waals surface area contributed by atoms with Gasteiger partial charge in [0.05, 0.1) is 0 Å². The average Bonchev–Trinajstić information content (AvgIpc) is 2.70. The molecule has 0 bridgehead atoms. The van der Waals surface area contributed by atoms with Crippen LogP contribution in [0.2, 0.25) is 0 Å². The second kappa shape index (κ2) is 10.3. The molecule has 1 saturated carbocycles. The molecule has 5 nitrogen and oxygen atoms in total. The normalized spacial score (nSPS) is 22.7. The number of piperazine rings is 1. The molecule has 0 amide bonds. The molecular weight excluding hydrogens is 362 g/mol. The van der Waals surface area contributed by atoms with Crippen molar-refractivity contribution in [2.24, 2.45) is 0 Å². The number of likely N-dealkylation sites (N-methyl/N-ethyl adjacent to an activating group) is 2. The summed E-state index contributed by atoms with van der Waals surface area (Å²) in [6.45, 7) is 9.86. The second-order valence-corrected chi connectivity index (χ2v) is 9.79. The van der Waals surface area contributed by atoms with E-state index >= 15 is 0 Å². The molecule has 5 heteroatoms. The van der Waals surface area contributed by atoms with Crippen LogP contribution in [0.1, 0.15) is 51.5 Å². The summed E-state index contributed by atoms with van der Waals surface area (Å²) in [7, 11) is 4.35. The van der Waals surface area contributed by atoms with Crippen molar-refractivity contribution in [3.8, 4) is 5.75 Å². The largest absolute Gasteiger partial charge is 0.491 e. The Hall–Kier alpha value is -1.14. The van der Waals surface area contributed by atoms with Crippen molar-refractivity contribution >= 4 is 0 Å². The van der Waals surface area contributed by atoms with E-state index in [1.165, 1.54) is 37.7 Å². The Morgan fingerprint density at radius 2 is 1.97 bits per heavy atom.